The third-order valence-electron chi connectivity index (χ3n) is 2.66. The summed E-state index contributed by atoms with van der Waals surface area (Å²) in [7, 11) is -1.73. The number of hydrogen-bond acceptors (Lipinski definition) is 3. The monoisotopic (exact) mass is 343 g/mol. The molecule has 2 rings (SSSR count). The molecular weight excluding hydrogens is 330 g/mol. The summed E-state index contributed by atoms with van der Waals surface area (Å²) in [6, 6.07) is 5.18. The molecule has 0 aliphatic heterocycles. The molecule has 5 nitrogen and oxygen atoms in total. The normalized spacial score (nSPS) is 11.7. The van der Waals surface area contributed by atoms with Crippen LogP contribution in [0.1, 0.15) is 11.1 Å². The van der Waals surface area contributed by atoms with Gasteiger partial charge in [0.15, 0.2) is 0 Å². The Labute approximate surface area is 120 Å². The van der Waals surface area contributed by atoms with Gasteiger partial charge in [-0.3, -0.25) is 4.68 Å². The quantitative estimate of drug-likeness (QED) is 0.922. The molecule has 102 valence electrons. The van der Waals surface area contributed by atoms with Crippen LogP contribution in [0.2, 0.25) is 0 Å². The molecule has 0 spiro atoms. The van der Waals surface area contributed by atoms with Crippen molar-refractivity contribution >= 4 is 26.0 Å². The van der Waals surface area contributed by atoms with Crippen LogP contribution < -0.4 is 4.72 Å². The predicted molar refractivity (Wildman–Crippen MR) is 76.1 cm³/mol. The minimum atomic E-state index is -3.52. The number of sulfonamides is 1. The fraction of sp³-hybridized carbons (Fsp3) is 0.250. The molecule has 0 saturated carbocycles. The Hall–Kier alpha value is -1.18. The molecular formula is C12H14BrN3O2S. The number of rotatable bonds is 4. The van der Waals surface area contributed by atoms with Crippen molar-refractivity contribution in [2.75, 3.05) is 0 Å². The number of benzene rings is 1. The second-order valence-electron chi connectivity index (χ2n) is 4.26. The van der Waals surface area contributed by atoms with Gasteiger partial charge in [0.05, 0.1) is 11.1 Å². The van der Waals surface area contributed by atoms with Gasteiger partial charge in [0, 0.05) is 29.8 Å². The van der Waals surface area contributed by atoms with Crippen molar-refractivity contribution in [2.24, 2.45) is 7.05 Å². The predicted octanol–water partition coefficient (Wildman–Crippen LogP) is 1.97. The molecule has 1 N–H and O–H groups in total. The summed E-state index contributed by atoms with van der Waals surface area (Å²) >= 11 is 3.28. The first kappa shape index (κ1) is 14.2. The first-order chi connectivity index (χ1) is 8.88. The summed E-state index contributed by atoms with van der Waals surface area (Å²) < 4.78 is 29.4. The van der Waals surface area contributed by atoms with Gasteiger partial charge < -0.3 is 0 Å². The van der Waals surface area contributed by atoms with Crippen LogP contribution in [-0.4, -0.2) is 18.2 Å². The number of nitrogens with one attached hydrogen (secondary N) is 1. The third kappa shape index (κ3) is 3.43. The second kappa shape index (κ2) is 5.44. The Morgan fingerprint density at radius 1 is 1.42 bits per heavy atom. The van der Waals surface area contributed by atoms with E-state index < -0.39 is 10.0 Å². The van der Waals surface area contributed by atoms with Gasteiger partial charge in [-0.25, -0.2) is 13.1 Å². The lowest BCUT2D eigenvalue weighted by molar-refractivity contribution is 0.580. The lowest BCUT2D eigenvalue weighted by Crippen LogP contribution is -2.23. The molecule has 19 heavy (non-hydrogen) atoms. The van der Waals surface area contributed by atoms with Gasteiger partial charge in [-0.2, -0.15) is 5.10 Å². The van der Waals surface area contributed by atoms with Crippen molar-refractivity contribution < 1.29 is 8.42 Å². The summed E-state index contributed by atoms with van der Waals surface area (Å²) in [5.74, 6) is 0. The summed E-state index contributed by atoms with van der Waals surface area (Å²) in [6.45, 7) is 1.99. The summed E-state index contributed by atoms with van der Waals surface area (Å²) in [4.78, 5) is 0.283. The number of halogens is 1. The molecule has 0 saturated heterocycles. The van der Waals surface area contributed by atoms with Crippen LogP contribution in [0, 0.1) is 6.92 Å². The van der Waals surface area contributed by atoms with Crippen LogP contribution in [0.25, 0.3) is 0 Å². The van der Waals surface area contributed by atoms with Gasteiger partial charge in [-0.15, -0.1) is 0 Å². The van der Waals surface area contributed by atoms with Gasteiger partial charge in [0.25, 0.3) is 0 Å². The van der Waals surface area contributed by atoms with Crippen LogP contribution in [0.4, 0.5) is 0 Å². The topological polar surface area (TPSA) is 64.0 Å². The van der Waals surface area contributed by atoms with E-state index in [4.69, 9.17) is 0 Å². The molecule has 0 aliphatic rings. The van der Waals surface area contributed by atoms with Gasteiger partial charge in [0.2, 0.25) is 10.0 Å². The van der Waals surface area contributed by atoms with E-state index in [9.17, 15) is 8.42 Å². The fourth-order valence-electron chi connectivity index (χ4n) is 1.68. The highest BCUT2D eigenvalue weighted by Crippen LogP contribution is 2.20. The summed E-state index contributed by atoms with van der Waals surface area (Å²) in [5.41, 5.74) is 1.53. The molecule has 0 fully saturated rings. The molecule has 0 aliphatic carbocycles. The van der Waals surface area contributed by atoms with Crippen molar-refractivity contribution in [3.05, 3.63) is 46.2 Å². The number of aromatic nitrogens is 2. The van der Waals surface area contributed by atoms with Gasteiger partial charge in [0.1, 0.15) is 0 Å². The van der Waals surface area contributed by atoms with Crippen molar-refractivity contribution in [1.29, 1.82) is 0 Å². The summed E-state index contributed by atoms with van der Waals surface area (Å²) in [6.07, 6.45) is 3.41. The van der Waals surface area contributed by atoms with E-state index >= 15 is 0 Å². The standard InChI is InChI=1S/C12H14BrN3O2S/c1-9-3-4-11(13)5-12(9)19(17,18)15-7-10-6-14-16(2)8-10/h3-6,8,15H,7H2,1-2H3. The molecule has 0 atom stereocenters. The lowest BCUT2D eigenvalue weighted by atomic mass is 10.2. The lowest BCUT2D eigenvalue weighted by Gasteiger charge is -2.09. The zero-order chi connectivity index (χ0) is 14.0. The van der Waals surface area contributed by atoms with Crippen LogP contribution in [0.3, 0.4) is 0 Å². The average Bonchev–Trinajstić information content (AvgIpc) is 2.76. The molecule has 0 amide bonds. The van der Waals surface area contributed by atoms with E-state index in [-0.39, 0.29) is 11.4 Å². The van der Waals surface area contributed by atoms with Crippen LogP contribution in [-0.2, 0) is 23.6 Å². The Kier molecular flexibility index (Phi) is 4.07. The fourth-order valence-corrected chi connectivity index (χ4v) is 3.48. The van der Waals surface area contributed by atoms with E-state index in [1.54, 1.807) is 43.2 Å². The maximum Gasteiger partial charge on any atom is 0.241 e. The maximum absolute atomic E-state index is 12.2. The molecule has 2 aromatic rings. The highest BCUT2D eigenvalue weighted by molar-refractivity contribution is 9.10. The smallest absolute Gasteiger partial charge is 0.241 e. The van der Waals surface area contributed by atoms with Crippen LogP contribution in [0.15, 0.2) is 40.0 Å². The van der Waals surface area contributed by atoms with Crippen molar-refractivity contribution in [1.82, 2.24) is 14.5 Å². The van der Waals surface area contributed by atoms with Crippen molar-refractivity contribution in [2.45, 2.75) is 18.4 Å². The number of hydrogen-bond donors (Lipinski definition) is 1. The Morgan fingerprint density at radius 3 is 2.79 bits per heavy atom. The molecule has 1 aromatic heterocycles. The average molecular weight is 344 g/mol. The van der Waals surface area contributed by atoms with Gasteiger partial charge in [-0.1, -0.05) is 22.0 Å². The van der Waals surface area contributed by atoms with Crippen LogP contribution in [0.5, 0.6) is 0 Å². The highest BCUT2D eigenvalue weighted by Gasteiger charge is 2.17. The largest absolute Gasteiger partial charge is 0.275 e. The molecule has 0 radical (unpaired) electrons. The Balaban J connectivity index is 2.20. The maximum atomic E-state index is 12.2. The second-order valence-corrected chi connectivity index (χ2v) is 6.91. The third-order valence-corrected chi connectivity index (χ3v) is 4.70. The van der Waals surface area contributed by atoms with Gasteiger partial charge in [-0.05, 0) is 24.6 Å². The molecule has 7 heteroatoms. The van der Waals surface area contributed by atoms with Crippen LogP contribution >= 0.6 is 15.9 Å². The first-order valence-electron chi connectivity index (χ1n) is 5.62. The van der Waals surface area contributed by atoms with E-state index in [2.05, 4.69) is 25.8 Å². The van der Waals surface area contributed by atoms with Gasteiger partial charge >= 0.3 is 0 Å². The molecule has 0 bridgehead atoms. The zero-order valence-electron chi connectivity index (χ0n) is 10.6. The van der Waals surface area contributed by atoms with E-state index in [0.29, 0.717) is 5.56 Å². The molecule has 1 heterocycles. The zero-order valence-corrected chi connectivity index (χ0v) is 13.0. The first-order valence-corrected chi connectivity index (χ1v) is 7.89. The van der Waals surface area contributed by atoms with E-state index in [1.165, 1.54) is 0 Å². The Bertz CT molecular complexity index is 695. The van der Waals surface area contributed by atoms with E-state index in [0.717, 1.165) is 10.0 Å². The van der Waals surface area contributed by atoms with Crippen molar-refractivity contribution in [3.63, 3.8) is 0 Å². The highest BCUT2D eigenvalue weighted by atomic mass is 79.9. The Morgan fingerprint density at radius 2 is 2.16 bits per heavy atom. The minimum absolute atomic E-state index is 0.224. The minimum Gasteiger partial charge on any atom is -0.275 e. The number of aryl methyl sites for hydroxylation is 2. The molecule has 0 unspecified atom stereocenters. The molecule has 1 aromatic carbocycles. The van der Waals surface area contributed by atoms with Crippen molar-refractivity contribution in [3.8, 4) is 0 Å². The SMILES string of the molecule is Cc1ccc(Br)cc1S(=O)(=O)NCc1cnn(C)c1. The summed E-state index contributed by atoms with van der Waals surface area (Å²) in [5, 5.41) is 4.00. The van der Waals surface area contributed by atoms with E-state index in [1.807, 2.05) is 6.07 Å². The number of nitrogens with zero attached hydrogens (tertiary/aromatic N) is 2.